The molecule has 2 aromatic rings. The minimum absolute atomic E-state index is 0.111. The zero-order chi connectivity index (χ0) is 17.8. The van der Waals surface area contributed by atoms with Crippen molar-refractivity contribution in [3.05, 3.63) is 44.4 Å². The number of hydrogen-bond acceptors (Lipinski definition) is 4. The normalized spacial score (nSPS) is 31.7. The SMILES string of the molecule is CCN(CC)c1ccc([C@@H]2c3sc(=O)[nH]c3S[C@@H]3[C@@H]4CC[C@@H](C4)[C@H]23)cc1. The summed E-state index contributed by atoms with van der Waals surface area (Å²) < 4.78 is 0. The van der Waals surface area contributed by atoms with E-state index in [1.165, 1.54) is 46.7 Å². The van der Waals surface area contributed by atoms with Crippen LogP contribution >= 0.6 is 23.1 Å². The van der Waals surface area contributed by atoms with E-state index in [0.29, 0.717) is 17.1 Å². The van der Waals surface area contributed by atoms with Crippen LogP contribution in [0.1, 0.15) is 49.5 Å². The van der Waals surface area contributed by atoms with Gasteiger partial charge in [-0.1, -0.05) is 23.5 Å². The molecular weight excluding hydrogens is 360 g/mol. The Balaban J connectivity index is 1.56. The number of aromatic nitrogens is 1. The van der Waals surface area contributed by atoms with E-state index < -0.39 is 0 Å². The fourth-order valence-corrected chi connectivity index (χ4v) is 8.60. The zero-order valence-corrected chi connectivity index (χ0v) is 17.0. The van der Waals surface area contributed by atoms with E-state index in [0.717, 1.165) is 30.0 Å². The first kappa shape index (κ1) is 16.9. The molecule has 1 aromatic heterocycles. The van der Waals surface area contributed by atoms with Crippen molar-refractivity contribution in [2.75, 3.05) is 18.0 Å². The Morgan fingerprint density at radius 1 is 1.12 bits per heavy atom. The molecule has 2 bridgehead atoms. The monoisotopic (exact) mass is 386 g/mol. The van der Waals surface area contributed by atoms with Crippen molar-refractivity contribution in [2.24, 2.45) is 17.8 Å². The topological polar surface area (TPSA) is 36.1 Å². The van der Waals surface area contributed by atoms with Gasteiger partial charge in [0.1, 0.15) is 0 Å². The standard InChI is InChI=1S/C21H26N2OS2/c1-3-23(4-2)15-9-7-12(8-10-15)16-17-13-5-6-14(11-13)18(17)25-20-19(16)26-21(24)22-20/h7-10,13-14,16-18H,3-6,11H2,1-2H3,(H,22,24)/t13-,14+,16-,17+,18+/m0/s1. The Hall–Kier alpha value is -1.20. The molecule has 1 N–H and O–H groups in total. The summed E-state index contributed by atoms with van der Waals surface area (Å²) >= 11 is 3.42. The van der Waals surface area contributed by atoms with E-state index in [-0.39, 0.29) is 4.87 Å². The lowest BCUT2D eigenvalue weighted by molar-refractivity contribution is 0.307. The third-order valence-electron chi connectivity index (χ3n) is 6.85. The summed E-state index contributed by atoms with van der Waals surface area (Å²) in [6.07, 6.45) is 4.17. The maximum Gasteiger partial charge on any atom is 0.305 e. The lowest BCUT2D eigenvalue weighted by Gasteiger charge is -2.40. The fourth-order valence-electron chi connectivity index (χ4n) is 5.70. The Bertz CT molecular complexity index is 852. The molecule has 3 aliphatic rings. The van der Waals surface area contributed by atoms with E-state index in [1.807, 2.05) is 11.8 Å². The number of hydrogen-bond donors (Lipinski definition) is 1. The van der Waals surface area contributed by atoms with Crippen LogP contribution in [0.5, 0.6) is 0 Å². The van der Waals surface area contributed by atoms with Crippen LogP contribution < -0.4 is 9.77 Å². The van der Waals surface area contributed by atoms with Gasteiger partial charge in [0.25, 0.3) is 0 Å². The molecule has 1 aliphatic heterocycles. The van der Waals surface area contributed by atoms with Crippen LogP contribution in [0.3, 0.4) is 0 Å². The van der Waals surface area contributed by atoms with Crippen LogP contribution in [0, 0.1) is 17.8 Å². The molecule has 138 valence electrons. The Kier molecular flexibility index (Phi) is 4.20. The Morgan fingerprint density at radius 3 is 2.58 bits per heavy atom. The first-order chi connectivity index (χ1) is 12.7. The lowest BCUT2D eigenvalue weighted by Crippen LogP contribution is -2.33. The Morgan fingerprint density at radius 2 is 1.85 bits per heavy atom. The van der Waals surface area contributed by atoms with Gasteiger partial charge >= 0.3 is 4.87 Å². The first-order valence-corrected chi connectivity index (χ1v) is 11.6. The van der Waals surface area contributed by atoms with Crippen molar-refractivity contribution in [1.29, 1.82) is 0 Å². The molecule has 5 atom stereocenters. The maximum absolute atomic E-state index is 12.1. The largest absolute Gasteiger partial charge is 0.372 e. The van der Waals surface area contributed by atoms with Gasteiger partial charge < -0.3 is 9.88 Å². The molecule has 2 aliphatic carbocycles. The number of fused-ring (bicyclic) bond motifs is 6. The molecule has 2 saturated carbocycles. The molecule has 2 fully saturated rings. The molecule has 0 amide bonds. The van der Waals surface area contributed by atoms with Gasteiger partial charge in [-0.3, -0.25) is 4.79 Å². The van der Waals surface area contributed by atoms with Crippen molar-refractivity contribution >= 4 is 28.8 Å². The van der Waals surface area contributed by atoms with Crippen LogP contribution in [0.25, 0.3) is 0 Å². The molecule has 3 nitrogen and oxygen atoms in total. The van der Waals surface area contributed by atoms with Gasteiger partial charge in [0.05, 0.1) is 5.03 Å². The summed E-state index contributed by atoms with van der Waals surface area (Å²) in [6.45, 7) is 6.49. The van der Waals surface area contributed by atoms with Crippen LogP contribution in [0.4, 0.5) is 5.69 Å². The number of nitrogens with one attached hydrogen (secondary N) is 1. The van der Waals surface area contributed by atoms with Crippen LogP contribution in [0.2, 0.25) is 0 Å². The van der Waals surface area contributed by atoms with Crippen LogP contribution in [0.15, 0.2) is 34.1 Å². The molecule has 0 unspecified atom stereocenters. The molecular formula is C21H26N2OS2. The first-order valence-electron chi connectivity index (χ1n) is 9.94. The van der Waals surface area contributed by atoms with Crippen LogP contribution in [-0.4, -0.2) is 23.3 Å². The minimum Gasteiger partial charge on any atom is -0.372 e. The highest BCUT2D eigenvalue weighted by molar-refractivity contribution is 8.00. The van der Waals surface area contributed by atoms with Gasteiger partial charge in [-0.05, 0) is 68.6 Å². The van der Waals surface area contributed by atoms with Gasteiger partial charge in [0, 0.05) is 34.8 Å². The molecule has 5 heteroatoms. The zero-order valence-electron chi connectivity index (χ0n) is 15.4. The third-order valence-corrected chi connectivity index (χ3v) is 9.47. The van der Waals surface area contributed by atoms with Gasteiger partial charge in [0.2, 0.25) is 0 Å². The number of benzene rings is 1. The number of H-pyrrole nitrogens is 1. The summed E-state index contributed by atoms with van der Waals surface area (Å²) in [4.78, 5) is 19.0. The quantitative estimate of drug-likeness (QED) is 0.809. The van der Waals surface area contributed by atoms with Gasteiger partial charge in [-0.2, -0.15) is 0 Å². The second-order valence-electron chi connectivity index (χ2n) is 7.94. The van der Waals surface area contributed by atoms with Crippen molar-refractivity contribution in [3.8, 4) is 0 Å². The number of nitrogens with zero attached hydrogens (tertiary/aromatic N) is 1. The Labute approximate surface area is 163 Å². The molecule has 0 saturated heterocycles. The summed E-state index contributed by atoms with van der Waals surface area (Å²) in [5, 5.41) is 1.85. The van der Waals surface area contributed by atoms with E-state index >= 15 is 0 Å². The lowest BCUT2D eigenvalue weighted by atomic mass is 9.75. The smallest absolute Gasteiger partial charge is 0.305 e. The summed E-state index contributed by atoms with van der Waals surface area (Å²) in [6, 6.07) is 9.21. The van der Waals surface area contributed by atoms with Crippen molar-refractivity contribution in [2.45, 2.75) is 49.3 Å². The highest BCUT2D eigenvalue weighted by Crippen LogP contribution is 2.63. The van der Waals surface area contributed by atoms with Gasteiger partial charge in [-0.25, -0.2) is 0 Å². The van der Waals surface area contributed by atoms with Gasteiger partial charge in [-0.15, -0.1) is 11.8 Å². The fraction of sp³-hybridized carbons (Fsp3) is 0.571. The van der Waals surface area contributed by atoms with E-state index in [2.05, 4.69) is 48.0 Å². The summed E-state index contributed by atoms with van der Waals surface area (Å²) in [5.41, 5.74) is 2.70. The minimum atomic E-state index is 0.111. The number of thiazole rings is 1. The summed E-state index contributed by atoms with van der Waals surface area (Å²) in [5.74, 6) is 2.80. The molecule has 26 heavy (non-hydrogen) atoms. The predicted molar refractivity (Wildman–Crippen MR) is 111 cm³/mol. The number of aromatic amines is 1. The van der Waals surface area contributed by atoms with E-state index in [1.54, 1.807) is 0 Å². The second-order valence-corrected chi connectivity index (χ2v) is 10.1. The average Bonchev–Trinajstić information content (AvgIpc) is 3.35. The highest BCUT2D eigenvalue weighted by atomic mass is 32.2. The average molecular weight is 387 g/mol. The summed E-state index contributed by atoms with van der Waals surface area (Å²) in [7, 11) is 0. The predicted octanol–water partition coefficient (Wildman–Crippen LogP) is 4.93. The van der Waals surface area contributed by atoms with Crippen molar-refractivity contribution in [1.82, 2.24) is 4.98 Å². The highest BCUT2D eigenvalue weighted by Gasteiger charge is 2.54. The molecule has 2 heterocycles. The van der Waals surface area contributed by atoms with Gasteiger partial charge in [0.15, 0.2) is 0 Å². The second kappa shape index (κ2) is 6.45. The van der Waals surface area contributed by atoms with E-state index in [9.17, 15) is 4.79 Å². The van der Waals surface area contributed by atoms with Crippen molar-refractivity contribution in [3.63, 3.8) is 0 Å². The molecule has 0 radical (unpaired) electrons. The molecule has 5 rings (SSSR count). The molecule has 0 spiro atoms. The number of anilines is 1. The maximum atomic E-state index is 12.1. The number of thioether (sulfide) groups is 1. The third kappa shape index (κ3) is 2.50. The van der Waals surface area contributed by atoms with E-state index in [4.69, 9.17) is 0 Å². The van der Waals surface area contributed by atoms with Crippen molar-refractivity contribution < 1.29 is 0 Å². The van der Waals surface area contributed by atoms with Crippen LogP contribution in [-0.2, 0) is 0 Å². The number of rotatable bonds is 4. The molecule has 1 aromatic carbocycles.